The lowest BCUT2D eigenvalue weighted by Crippen LogP contribution is -2.16. The molecule has 1 N–H and O–H groups in total. The van der Waals surface area contributed by atoms with Gasteiger partial charge in [-0.3, -0.25) is 4.79 Å². The number of nitrogens with one attached hydrogen (secondary N) is 1. The van der Waals surface area contributed by atoms with E-state index in [-0.39, 0.29) is 17.6 Å². The Balaban J connectivity index is 1.58. The molecule has 0 spiro atoms. The minimum atomic E-state index is -0.277. The number of H-pyrrole nitrogens is 1. The van der Waals surface area contributed by atoms with Gasteiger partial charge in [0.05, 0.1) is 10.7 Å². The minimum Gasteiger partial charge on any atom is -0.486 e. The fourth-order valence-corrected chi connectivity index (χ4v) is 3.20. The van der Waals surface area contributed by atoms with Gasteiger partial charge < -0.3 is 9.72 Å². The second kappa shape index (κ2) is 7.37. The molecule has 0 aliphatic carbocycles. The SMILES string of the molecule is CC(C)(C)c1ccc(OCc2cc(=O)n3nc(-c4ccccc4)nc3[nH]2)c(Cl)c1. The maximum Gasteiger partial charge on any atom is 0.276 e. The van der Waals surface area contributed by atoms with E-state index >= 15 is 0 Å². The zero-order valence-electron chi connectivity index (χ0n) is 16.4. The zero-order valence-corrected chi connectivity index (χ0v) is 17.2. The van der Waals surface area contributed by atoms with E-state index in [0.29, 0.717) is 28.1 Å². The summed E-state index contributed by atoms with van der Waals surface area (Å²) in [6.45, 7) is 6.54. The van der Waals surface area contributed by atoms with Crippen LogP contribution in [0.3, 0.4) is 0 Å². The molecule has 0 aliphatic rings. The highest BCUT2D eigenvalue weighted by molar-refractivity contribution is 6.32. The molecule has 0 unspecified atom stereocenters. The van der Waals surface area contributed by atoms with Gasteiger partial charge in [-0.05, 0) is 23.1 Å². The van der Waals surface area contributed by atoms with Crippen LogP contribution in [0.1, 0.15) is 32.0 Å². The second-order valence-electron chi connectivity index (χ2n) is 7.85. The molecule has 4 aromatic rings. The van der Waals surface area contributed by atoms with Gasteiger partial charge in [0.25, 0.3) is 5.56 Å². The van der Waals surface area contributed by atoms with Crippen LogP contribution in [0.5, 0.6) is 5.75 Å². The molecule has 7 heteroatoms. The summed E-state index contributed by atoms with van der Waals surface area (Å²) in [4.78, 5) is 20.0. The smallest absolute Gasteiger partial charge is 0.276 e. The maximum atomic E-state index is 12.4. The largest absolute Gasteiger partial charge is 0.486 e. The van der Waals surface area contributed by atoms with Gasteiger partial charge >= 0.3 is 0 Å². The molecule has 0 bridgehead atoms. The molecule has 29 heavy (non-hydrogen) atoms. The van der Waals surface area contributed by atoms with Gasteiger partial charge in [0, 0.05) is 11.6 Å². The zero-order chi connectivity index (χ0) is 20.6. The Hall–Kier alpha value is -3.12. The van der Waals surface area contributed by atoms with Gasteiger partial charge in [0.15, 0.2) is 5.82 Å². The molecule has 0 amide bonds. The maximum absolute atomic E-state index is 12.4. The van der Waals surface area contributed by atoms with Crippen molar-refractivity contribution in [1.29, 1.82) is 0 Å². The van der Waals surface area contributed by atoms with Crippen molar-refractivity contribution in [3.63, 3.8) is 0 Å². The molecule has 2 heterocycles. The summed E-state index contributed by atoms with van der Waals surface area (Å²) >= 11 is 6.38. The highest BCUT2D eigenvalue weighted by Crippen LogP contribution is 2.31. The van der Waals surface area contributed by atoms with Gasteiger partial charge in [-0.15, -0.1) is 5.10 Å². The van der Waals surface area contributed by atoms with E-state index in [1.807, 2.05) is 48.5 Å². The Labute approximate surface area is 173 Å². The number of ether oxygens (including phenoxy) is 1. The molecule has 0 radical (unpaired) electrons. The summed E-state index contributed by atoms with van der Waals surface area (Å²) in [5.41, 5.74) is 2.28. The van der Waals surface area contributed by atoms with Gasteiger partial charge in [-0.2, -0.15) is 9.50 Å². The van der Waals surface area contributed by atoms with E-state index in [2.05, 4.69) is 35.8 Å². The van der Waals surface area contributed by atoms with E-state index in [9.17, 15) is 4.79 Å². The molecule has 2 aromatic carbocycles. The Morgan fingerprint density at radius 2 is 1.86 bits per heavy atom. The Bertz CT molecular complexity index is 1220. The molecule has 0 fully saturated rings. The molecule has 4 rings (SSSR count). The number of hydrogen-bond donors (Lipinski definition) is 1. The summed E-state index contributed by atoms with van der Waals surface area (Å²) in [5.74, 6) is 1.41. The predicted octanol–water partition coefficient (Wildman–Crippen LogP) is 4.61. The van der Waals surface area contributed by atoms with Gasteiger partial charge in [-0.1, -0.05) is 68.8 Å². The summed E-state index contributed by atoms with van der Waals surface area (Å²) in [5, 5.41) is 4.83. The van der Waals surface area contributed by atoms with Crippen molar-refractivity contribution in [3.05, 3.63) is 81.2 Å². The van der Waals surface area contributed by atoms with Crippen LogP contribution in [0.15, 0.2) is 59.4 Å². The highest BCUT2D eigenvalue weighted by atomic mass is 35.5. The van der Waals surface area contributed by atoms with Crippen LogP contribution in [0, 0.1) is 0 Å². The van der Waals surface area contributed by atoms with Crippen molar-refractivity contribution in [3.8, 4) is 17.1 Å². The van der Waals surface area contributed by atoms with Gasteiger partial charge in [-0.25, -0.2) is 0 Å². The fourth-order valence-electron chi connectivity index (χ4n) is 2.96. The number of rotatable bonds is 4. The number of hydrogen-bond acceptors (Lipinski definition) is 4. The van der Waals surface area contributed by atoms with E-state index in [4.69, 9.17) is 16.3 Å². The summed E-state index contributed by atoms with van der Waals surface area (Å²) in [7, 11) is 0. The van der Waals surface area contributed by atoms with Crippen LogP contribution < -0.4 is 10.3 Å². The molecule has 0 atom stereocenters. The van der Waals surface area contributed by atoms with Crippen LogP contribution >= 0.6 is 11.6 Å². The van der Waals surface area contributed by atoms with Gasteiger partial charge in [0.1, 0.15) is 12.4 Å². The van der Waals surface area contributed by atoms with E-state index in [1.54, 1.807) is 0 Å². The fraction of sp³-hybridized carbons (Fsp3) is 0.227. The minimum absolute atomic E-state index is 0.00256. The molecular weight excluding hydrogens is 388 g/mol. The quantitative estimate of drug-likeness (QED) is 0.535. The molecule has 0 saturated heterocycles. The Morgan fingerprint density at radius 3 is 2.55 bits per heavy atom. The summed E-state index contributed by atoms with van der Waals surface area (Å²) in [6, 6.07) is 16.7. The topological polar surface area (TPSA) is 72.3 Å². The molecule has 2 aromatic heterocycles. The second-order valence-corrected chi connectivity index (χ2v) is 8.26. The predicted molar refractivity (Wildman–Crippen MR) is 114 cm³/mol. The third-order valence-electron chi connectivity index (χ3n) is 4.60. The number of benzene rings is 2. The number of aromatic nitrogens is 4. The van der Waals surface area contributed by atoms with Crippen molar-refractivity contribution in [2.45, 2.75) is 32.8 Å². The molecular formula is C22H21ClN4O2. The third-order valence-corrected chi connectivity index (χ3v) is 4.89. The lowest BCUT2D eigenvalue weighted by atomic mass is 9.87. The van der Waals surface area contributed by atoms with E-state index < -0.39 is 0 Å². The van der Waals surface area contributed by atoms with Crippen LogP contribution in [0.2, 0.25) is 5.02 Å². The number of halogens is 1. The van der Waals surface area contributed by atoms with Crippen molar-refractivity contribution in [2.75, 3.05) is 0 Å². The third kappa shape index (κ3) is 4.03. The molecule has 0 aliphatic heterocycles. The number of aromatic amines is 1. The molecule has 0 saturated carbocycles. The summed E-state index contributed by atoms with van der Waals surface area (Å²) < 4.78 is 7.07. The van der Waals surface area contributed by atoms with Crippen LogP contribution in [0.4, 0.5) is 0 Å². The van der Waals surface area contributed by atoms with Crippen molar-refractivity contribution in [1.82, 2.24) is 19.6 Å². The monoisotopic (exact) mass is 408 g/mol. The number of fused-ring (bicyclic) bond motifs is 1. The first-order valence-electron chi connectivity index (χ1n) is 9.28. The van der Waals surface area contributed by atoms with E-state index in [1.165, 1.54) is 10.6 Å². The normalized spacial score (nSPS) is 11.7. The lowest BCUT2D eigenvalue weighted by Gasteiger charge is -2.20. The standard InChI is InChI=1S/C22H21ClN4O2/c1-22(2,3)15-9-10-18(17(23)11-15)29-13-16-12-19(28)27-21(24-16)25-20(26-27)14-7-5-4-6-8-14/h4-12H,13H2,1-3H3,(H,24,25,26). The average Bonchev–Trinajstić information content (AvgIpc) is 3.12. The van der Waals surface area contributed by atoms with Crippen molar-refractivity contribution in [2.24, 2.45) is 0 Å². The summed E-state index contributed by atoms with van der Waals surface area (Å²) in [6.07, 6.45) is 0. The van der Waals surface area contributed by atoms with Crippen LogP contribution in [-0.4, -0.2) is 19.6 Å². The van der Waals surface area contributed by atoms with E-state index in [0.717, 1.165) is 11.1 Å². The van der Waals surface area contributed by atoms with Crippen molar-refractivity contribution < 1.29 is 4.74 Å². The van der Waals surface area contributed by atoms with Crippen LogP contribution in [0.25, 0.3) is 17.2 Å². The Kier molecular flexibility index (Phi) is 4.88. The van der Waals surface area contributed by atoms with Crippen molar-refractivity contribution >= 4 is 17.4 Å². The Morgan fingerprint density at radius 1 is 1.10 bits per heavy atom. The first-order valence-corrected chi connectivity index (χ1v) is 9.66. The molecule has 148 valence electrons. The first kappa shape index (κ1) is 19.2. The number of nitrogens with zero attached hydrogens (tertiary/aromatic N) is 3. The molecule has 6 nitrogen and oxygen atoms in total. The lowest BCUT2D eigenvalue weighted by molar-refractivity contribution is 0.301. The van der Waals surface area contributed by atoms with Crippen LogP contribution in [-0.2, 0) is 12.0 Å². The highest BCUT2D eigenvalue weighted by Gasteiger charge is 2.16. The van der Waals surface area contributed by atoms with Gasteiger partial charge in [0.2, 0.25) is 5.78 Å². The average molecular weight is 409 g/mol. The first-order chi connectivity index (χ1) is 13.8.